The molecule has 0 spiro atoms. The monoisotopic (exact) mass is 311 g/mol. The highest BCUT2D eigenvalue weighted by Gasteiger charge is 2.43. The first-order chi connectivity index (χ1) is 11.2. The van der Waals surface area contributed by atoms with Crippen LogP contribution in [0.1, 0.15) is 22.5 Å². The first-order valence-electron chi connectivity index (χ1n) is 8.12. The summed E-state index contributed by atoms with van der Waals surface area (Å²) >= 11 is 0. The van der Waals surface area contributed by atoms with E-state index >= 15 is 0 Å². The Balaban J connectivity index is 1.42. The second-order valence-corrected chi connectivity index (χ2v) is 6.50. The first kappa shape index (κ1) is 14.4. The molecule has 2 aliphatic rings. The van der Waals surface area contributed by atoms with E-state index in [2.05, 4.69) is 21.0 Å². The van der Waals surface area contributed by atoms with Crippen molar-refractivity contribution in [2.75, 3.05) is 19.6 Å². The summed E-state index contributed by atoms with van der Waals surface area (Å²) in [6, 6.07) is 6.36. The molecule has 6 nitrogen and oxygen atoms in total. The number of aryl methyl sites for hydroxylation is 1. The van der Waals surface area contributed by atoms with Crippen LogP contribution in [0.3, 0.4) is 0 Å². The topological polar surface area (TPSA) is 54.3 Å². The minimum Gasteiger partial charge on any atom is -0.336 e. The summed E-state index contributed by atoms with van der Waals surface area (Å²) in [6.45, 7) is 3.72. The minimum atomic E-state index is 0.0941. The second kappa shape index (κ2) is 5.77. The number of carbonyl (C=O) groups excluding carboxylic acids is 1. The zero-order valence-electron chi connectivity index (χ0n) is 13.3. The van der Waals surface area contributed by atoms with Crippen LogP contribution in [0.15, 0.2) is 36.8 Å². The van der Waals surface area contributed by atoms with Crippen LogP contribution in [-0.4, -0.2) is 56.1 Å². The summed E-state index contributed by atoms with van der Waals surface area (Å²) in [5, 5.41) is 4.10. The second-order valence-electron chi connectivity index (χ2n) is 6.50. The third-order valence-electron chi connectivity index (χ3n) is 5.10. The highest BCUT2D eigenvalue weighted by molar-refractivity contribution is 5.92. The van der Waals surface area contributed by atoms with Crippen LogP contribution >= 0.6 is 0 Å². The molecular weight excluding hydrogens is 290 g/mol. The van der Waals surface area contributed by atoms with Gasteiger partial charge in [0, 0.05) is 57.9 Å². The van der Waals surface area contributed by atoms with Crippen LogP contribution in [0.4, 0.5) is 0 Å². The zero-order valence-corrected chi connectivity index (χ0v) is 13.3. The van der Waals surface area contributed by atoms with Gasteiger partial charge in [0.2, 0.25) is 0 Å². The lowest BCUT2D eigenvalue weighted by atomic mass is 9.82. The van der Waals surface area contributed by atoms with Crippen LogP contribution in [0.5, 0.6) is 0 Å². The van der Waals surface area contributed by atoms with E-state index in [0.29, 0.717) is 11.7 Å². The Morgan fingerprint density at radius 1 is 1.30 bits per heavy atom. The van der Waals surface area contributed by atoms with E-state index in [1.165, 1.54) is 5.56 Å². The summed E-state index contributed by atoms with van der Waals surface area (Å²) in [5.74, 6) is 0.818. The van der Waals surface area contributed by atoms with Gasteiger partial charge in [0.15, 0.2) is 0 Å². The van der Waals surface area contributed by atoms with Crippen molar-refractivity contribution < 1.29 is 4.79 Å². The standard InChI is InChI=1S/C17H21N5O/c1-20-15(4-7-19-20)17(23)21-8-5-14-11-22(16(14)12-21)10-13-3-2-6-18-9-13/h2-4,6-7,9,14,16H,5,8,10-12H2,1H3/t14-,16-/m1/s1. The number of piperidine rings is 1. The molecule has 0 bridgehead atoms. The van der Waals surface area contributed by atoms with Crippen molar-refractivity contribution in [2.24, 2.45) is 13.0 Å². The van der Waals surface area contributed by atoms with Crippen LogP contribution in [-0.2, 0) is 13.6 Å². The molecule has 23 heavy (non-hydrogen) atoms. The summed E-state index contributed by atoms with van der Waals surface area (Å²) < 4.78 is 1.66. The number of aromatic nitrogens is 3. The molecule has 2 fully saturated rings. The smallest absolute Gasteiger partial charge is 0.272 e. The van der Waals surface area contributed by atoms with Gasteiger partial charge in [-0.25, -0.2) is 0 Å². The number of fused-ring (bicyclic) bond motifs is 1. The molecule has 2 aliphatic heterocycles. The molecule has 2 atom stereocenters. The van der Waals surface area contributed by atoms with Crippen LogP contribution < -0.4 is 0 Å². The van der Waals surface area contributed by atoms with Crippen molar-refractivity contribution in [3.8, 4) is 0 Å². The van der Waals surface area contributed by atoms with E-state index in [-0.39, 0.29) is 5.91 Å². The van der Waals surface area contributed by atoms with E-state index in [1.807, 2.05) is 24.2 Å². The third-order valence-corrected chi connectivity index (χ3v) is 5.10. The van der Waals surface area contributed by atoms with Gasteiger partial charge >= 0.3 is 0 Å². The van der Waals surface area contributed by atoms with E-state index in [4.69, 9.17) is 0 Å². The van der Waals surface area contributed by atoms with E-state index in [1.54, 1.807) is 23.1 Å². The number of hydrogen-bond donors (Lipinski definition) is 0. The summed E-state index contributed by atoms with van der Waals surface area (Å²) in [5.41, 5.74) is 1.91. The van der Waals surface area contributed by atoms with Gasteiger partial charge in [-0.2, -0.15) is 5.10 Å². The molecule has 2 aromatic rings. The zero-order chi connectivity index (χ0) is 15.8. The predicted molar refractivity (Wildman–Crippen MR) is 85.7 cm³/mol. The number of pyridine rings is 1. The molecule has 0 radical (unpaired) electrons. The molecule has 120 valence electrons. The molecule has 4 heterocycles. The SMILES string of the molecule is Cn1nccc1C(=O)N1CC[C@@H]2CN(Cc3cccnc3)[C@@H]2C1. The van der Waals surface area contributed by atoms with E-state index < -0.39 is 0 Å². The molecule has 0 N–H and O–H groups in total. The minimum absolute atomic E-state index is 0.0941. The van der Waals surface area contributed by atoms with Gasteiger partial charge in [-0.15, -0.1) is 0 Å². The summed E-state index contributed by atoms with van der Waals surface area (Å²) in [4.78, 5) is 21.3. The Hall–Kier alpha value is -2.21. The average molecular weight is 311 g/mol. The number of carbonyl (C=O) groups is 1. The first-order valence-corrected chi connectivity index (χ1v) is 8.12. The van der Waals surface area contributed by atoms with Crippen molar-refractivity contribution in [1.29, 1.82) is 0 Å². The Morgan fingerprint density at radius 3 is 2.96 bits per heavy atom. The fourth-order valence-electron chi connectivity index (χ4n) is 3.74. The lowest BCUT2D eigenvalue weighted by Crippen LogP contribution is -2.64. The molecule has 1 amide bonds. The maximum Gasteiger partial charge on any atom is 0.272 e. The lowest BCUT2D eigenvalue weighted by molar-refractivity contribution is -0.0430. The van der Waals surface area contributed by atoms with E-state index in [9.17, 15) is 4.79 Å². The van der Waals surface area contributed by atoms with Crippen molar-refractivity contribution in [2.45, 2.75) is 19.0 Å². The highest BCUT2D eigenvalue weighted by atomic mass is 16.2. The third kappa shape index (κ3) is 2.63. The fraction of sp³-hybridized carbons (Fsp3) is 0.471. The Kier molecular flexibility index (Phi) is 3.61. The molecule has 0 saturated carbocycles. The van der Waals surface area contributed by atoms with Gasteiger partial charge in [0.05, 0.1) is 0 Å². The molecule has 4 rings (SSSR count). The maximum absolute atomic E-state index is 12.7. The number of nitrogens with zero attached hydrogens (tertiary/aromatic N) is 5. The maximum atomic E-state index is 12.7. The Bertz CT molecular complexity index is 698. The van der Waals surface area contributed by atoms with Crippen molar-refractivity contribution in [3.63, 3.8) is 0 Å². The van der Waals surface area contributed by atoms with Crippen molar-refractivity contribution in [1.82, 2.24) is 24.6 Å². The van der Waals surface area contributed by atoms with Gasteiger partial charge in [0.1, 0.15) is 5.69 Å². The summed E-state index contributed by atoms with van der Waals surface area (Å²) in [6.07, 6.45) is 6.50. The number of rotatable bonds is 3. The number of amides is 1. The number of hydrogen-bond acceptors (Lipinski definition) is 4. The van der Waals surface area contributed by atoms with Gasteiger partial charge < -0.3 is 4.90 Å². The van der Waals surface area contributed by atoms with Gasteiger partial charge in [-0.3, -0.25) is 19.4 Å². The van der Waals surface area contributed by atoms with Crippen LogP contribution in [0.25, 0.3) is 0 Å². The molecule has 2 aromatic heterocycles. The molecular formula is C17H21N5O. The van der Waals surface area contributed by atoms with Gasteiger partial charge in [-0.1, -0.05) is 6.07 Å². The van der Waals surface area contributed by atoms with Gasteiger partial charge in [-0.05, 0) is 30.0 Å². The van der Waals surface area contributed by atoms with Crippen molar-refractivity contribution in [3.05, 3.63) is 48.0 Å². The Morgan fingerprint density at radius 2 is 2.22 bits per heavy atom. The predicted octanol–water partition coefficient (Wildman–Crippen LogP) is 1.16. The largest absolute Gasteiger partial charge is 0.336 e. The molecule has 0 unspecified atom stereocenters. The fourth-order valence-corrected chi connectivity index (χ4v) is 3.74. The van der Waals surface area contributed by atoms with Crippen LogP contribution in [0.2, 0.25) is 0 Å². The Labute approximate surface area is 135 Å². The lowest BCUT2D eigenvalue weighted by Gasteiger charge is -2.53. The molecule has 0 aromatic carbocycles. The van der Waals surface area contributed by atoms with Gasteiger partial charge in [0.25, 0.3) is 5.91 Å². The van der Waals surface area contributed by atoms with Crippen LogP contribution in [0, 0.1) is 5.92 Å². The number of likely N-dealkylation sites (tertiary alicyclic amines) is 2. The van der Waals surface area contributed by atoms with E-state index in [0.717, 1.165) is 38.5 Å². The normalized spacial score (nSPS) is 24.1. The highest BCUT2D eigenvalue weighted by Crippen LogP contribution is 2.34. The molecule has 6 heteroatoms. The quantitative estimate of drug-likeness (QED) is 0.853. The molecule has 0 aliphatic carbocycles. The van der Waals surface area contributed by atoms with Crippen molar-refractivity contribution >= 4 is 5.91 Å². The average Bonchev–Trinajstić information content (AvgIpc) is 2.99. The summed E-state index contributed by atoms with van der Waals surface area (Å²) in [7, 11) is 1.82. The molecule has 2 saturated heterocycles.